The van der Waals surface area contributed by atoms with Crippen molar-refractivity contribution < 1.29 is 0 Å². The summed E-state index contributed by atoms with van der Waals surface area (Å²) in [6, 6.07) is 16.4. The quantitative estimate of drug-likeness (QED) is 0.589. The van der Waals surface area contributed by atoms with Crippen LogP contribution in [0.25, 0.3) is 22.6 Å². The summed E-state index contributed by atoms with van der Waals surface area (Å²) in [4.78, 5) is 14.1. The van der Waals surface area contributed by atoms with Gasteiger partial charge in [0.25, 0.3) is 0 Å². The smallest absolute Gasteiger partial charge is 0.159 e. The Balaban J connectivity index is 2.06. The van der Waals surface area contributed by atoms with Crippen LogP contribution in [0.15, 0.2) is 54.7 Å². The minimum atomic E-state index is -0.0222. The van der Waals surface area contributed by atoms with E-state index in [1.807, 2.05) is 24.4 Å². The Morgan fingerprint density at radius 3 is 1.65 bits per heavy atom. The van der Waals surface area contributed by atoms with Crippen molar-refractivity contribution in [1.82, 2.24) is 15.0 Å². The van der Waals surface area contributed by atoms with E-state index in [-0.39, 0.29) is 10.8 Å². The molecule has 0 bridgehead atoms. The number of rotatable bonds is 2. The van der Waals surface area contributed by atoms with E-state index in [1.165, 1.54) is 0 Å². The highest BCUT2D eigenvalue weighted by atomic mass is 14.9. The molecule has 0 spiro atoms. The van der Waals surface area contributed by atoms with Gasteiger partial charge in [0.1, 0.15) is 0 Å². The Bertz CT molecular complexity index is 851. The third-order valence-corrected chi connectivity index (χ3v) is 4.37. The summed E-state index contributed by atoms with van der Waals surface area (Å²) in [6.07, 6.45) is 1.81. The summed E-state index contributed by atoms with van der Waals surface area (Å²) in [7, 11) is 0. The Morgan fingerprint density at radius 2 is 1.19 bits per heavy atom. The minimum absolute atomic E-state index is 0.0222. The van der Waals surface area contributed by atoms with Crippen LogP contribution >= 0.6 is 0 Å². The first-order chi connectivity index (χ1) is 12.1. The van der Waals surface area contributed by atoms with Gasteiger partial charge in [0.15, 0.2) is 5.82 Å². The zero-order valence-corrected chi connectivity index (χ0v) is 16.5. The van der Waals surface area contributed by atoms with Gasteiger partial charge in [0, 0.05) is 28.2 Å². The van der Waals surface area contributed by atoms with Crippen molar-refractivity contribution >= 4 is 0 Å². The number of nitrogens with zero attached hydrogens (tertiary/aromatic N) is 3. The molecule has 2 heterocycles. The summed E-state index contributed by atoms with van der Waals surface area (Å²) in [5, 5.41) is 0. The first kappa shape index (κ1) is 18.2. The van der Waals surface area contributed by atoms with Crippen LogP contribution in [0.3, 0.4) is 0 Å². The molecule has 0 aliphatic heterocycles. The summed E-state index contributed by atoms with van der Waals surface area (Å²) in [6.45, 7) is 13.1. The molecule has 134 valence electrons. The Labute approximate surface area is 156 Å². The van der Waals surface area contributed by atoms with Crippen LogP contribution in [-0.2, 0) is 10.8 Å². The average Bonchev–Trinajstić information content (AvgIpc) is 2.61. The van der Waals surface area contributed by atoms with Crippen LogP contribution < -0.4 is 0 Å². The molecule has 0 saturated carbocycles. The lowest BCUT2D eigenvalue weighted by Crippen LogP contribution is -2.20. The zero-order valence-electron chi connectivity index (χ0n) is 16.5. The van der Waals surface area contributed by atoms with Gasteiger partial charge in [-0.2, -0.15) is 0 Å². The highest BCUT2D eigenvalue weighted by Gasteiger charge is 2.23. The molecule has 26 heavy (non-hydrogen) atoms. The van der Waals surface area contributed by atoms with Crippen molar-refractivity contribution in [3.63, 3.8) is 0 Å². The molecule has 0 unspecified atom stereocenters. The van der Waals surface area contributed by atoms with Gasteiger partial charge in [-0.15, -0.1) is 0 Å². The fourth-order valence-corrected chi connectivity index (χ4v) is 2.67. The first-order valence-electron chi connectivity index (χ1n) is 9.06. The highest BCUT2D eigenvalue weighted by Crippen LogP contribution is 2.29. The molecular weight excluding hydrogens is 318 g/mol. The van der Waals surface area contributed by atoms with E-state index >= 15 is 0 Å². The lowest BCUT2D eigenvalue weighted by molar-refractivity contribution is 0.539. The van der Waals surface area contributed by atoms with E-state index in [1.54, 1.807) is 0 Å². The number of aromatic nitrogens is 3. The van der Waals surface area contributed by atoms with Gasteiger partial charge in [0.05, 0.1) is 17.1 Å². The number of hydrogen-bond acceptors (Lipinski definition) is 3. The predicted molar refractivity (Wildman–Crippen MR) is 108 cm³/mol. The molecule has 0 N–H and O–H groups in total. The molecule has 0 atom stereocenters. The SMILES string of the molecule is CC(C)(C)c1cc(C(C)(C)C)nc(-c2ccc(-c3ccccn3)cc2)n1. The number of hydrogen-bond donors (Lipinski definition) is 0. The zero-order chi connectivity index (χ0) is 18.9. The van der Waals surface area contributed by atoms with Gasteiger partial charge < -0.3 is 0 Å². The topological polar surface area (TPSA) is 38.7 Å². The van der Waals surface area contributed by atoms with Gasteiger partial charge in [0.2, 0.25) is 0 Å². The van der Waals surface area contributed by atoms with E-state index in [4.69, 9.17) is 9.97 Å². The number of benzene rings is 1. The van der Waals surface area contributed by atoms with Crippen molar-refractivity contribution in [2.45, 2.75) is 52.4 Å². The summed E-state index contributed by atoms with van der Waals surface area (Å²) < 4.78 is 0. The molecule has 1 aromatic carbocycles. The van der Waals surface area contributed by atoms with Crippen molar-refractivity contribution in [3.8, 4) is 22.6 Å². The molecule has 0 radical (unpaired) electrons. The van der Waals surface area contributed by atoms with Crippen molar-refractivity contribution in [1.29, 1.82) is 0 Å². The van der Waals surface area contributed by atoms with Crippen LogP contribution in [0, 0.1) is 0 Å². The maximum absolute atomic E-state index is 4.86. The predicted octanol–water partition coefficient (Wildman–Crippen LogP) is 5.80. The van der Waals surface area contributed by atoms with Gasteiger partial charge in [-0.05, 0) is 18.2 Å². The third-order valence-electron chi connectivity index (χ3n) is 4.37. The largest absolute Gasteiger partial charge is 0.256 e. The Morgan fingerprint density at radius 1 is 0.654 bits per heavy atom. The Hall–Kier alpha value is -2.55. The van der Waals surface area contributed by atoms with Gasteiger partial charge in [-0.25, -0.2) is 9.97 Å². The van der Waals surface area contributed by atoms with Crippen LogP contribution in [0.1, 0.15) is 52.9 Å². The lowest BCUT2D eigenvalue weighted by Gasteiger charge is -2.24. The van der Waals surface area contributed by atoms with E-state index in [0.29, 0.717) is 0 Å². The van der Waals surface area contributed by atoms with Crippen LogP contribution in [0.2, 0.25) is 0 Å². The van der Waals surface area contributed by atoms with Gasteiger partial charge >= 0.3 is 0 Å². The standard InChI is InChI=1S/C23H27N3/c1-22(2,3)19-15-20(23(4,5)6)26-21(25-19)17-12-10-16(11-13-17)18-9-7-8-14-24-18/h7-15H,1-6H3. The molecule has 3 heteroatoms. The molecule has 2 aromatic heterocycles. The van der Waals surface area contributed by atoms with E-state index < -0.39 is 0 Å². The fourth-order valence-electron chi connectivity index (χ4n) is 2.67. The summed E-state index contributed by atoms with van der Waals surface area (Å²) >= 11 is 0. The van der Waals surface area contributed by atoms with Crippen LogP contribution in [0.5, 0.6) is 0 Å². The second kappa shape index (κ2) is 6.64. The fraction of sp³-hybridized carbons (Fsp3) is 0.348. The molecule has 0 amide bonds. The second-order valence-corrected chi connectivity index (χ2v) is 8.75. The monoisotopic (exact) mass is 345 g/mol. The maximum Gasteiger partial charge on any atom is 0.159 e. The molecular formula is C23H27N3. The normalized spacial score (nSPS) is 12.2. The van der Waals surface area contributed by atoms with Crippen molar-refractivity contribution in [2.24, 2.45) is 0 Å². The van der Waals surface area contributed by atoms with Gasteiger partial charge in [-0.1, -0.05) is 71.9 Å². The van der Waals surface area contributed by atoms with Crippen LogP contribution in [0.4, 0.5) is 0 Å². The van der Waals surface area contributed by atoms with Crippen molar-refractivity contribution in [2.75, 3.05) is 0 Å². The molecule has 3 aromatic rings. The molecule has 3 nitrogen and oxygen atoms in total. The second-order valence-electron chi connectivity index (χ2n) is 8.75. The third kappa shape index (κ3) is 3.98. The molecule has 0 aliphatic carbocycles. The van der Waals surface area contributed by atoms with E-state index in [2.05, 4.69) is 76.9 Å². The minimum Gasteiger partial charge on any atom is -0.256 e. The number of pyridine rings is 1. The average molecular weight is 345 g/mol. The maximum atomic E-state index is 4.86. The van der Waals surface area contributed by atoms with E-state index in [0.717, 1.165) is 34.0 Å². The molecule has 3 rings (SSSR count). The first-order valence-corrected chi connectivity index (χ1v) is 9.06. The molecule has 0 saturated heterocycles. The summed E-state index contributed by atoms with van der Waals surface area (Å²) in [5.41, 5.74) is 5.19. The van der Waals surface area contributed by atoms with E-state index in [9.17, 15) is 0 Å². The highest BCUT2D eigenvalue weighted by molar-refractivity contribution is 5.65. The van der Waals surface area contributed by atoms with Crippen LogP contribution in [-0.4, -0.2) is 15.0 Å². The van der Waals surface area contributed by atoms with Crippen molar-refractivity contribution in [3.05, 3.63) is 66.1 Å². The van der Waals surface area contributed by atoms with Gasteiger partial charge in [-0.3, -0.25) is 4.98 Å². The summed E-state index contributed by atoms with van der Waals surface area (Å²) in [5.74, 6) is 0.787. The molecule has 0 fully saturated rings. The lowest BCUT2D eigenvalue weighted by atomic mass is 9.86. The Kier molecular flexibility index (Phi) is 4.66. The molecule has 0 aliphatic rings.